The van der Waals surface area contributed by atoms with E-state index in [1.165, 1.54) is 48.5 Å². The Kier molecular flexibility index (Phi) is 9.49. The first-order chi connectivity index (χ1) is 18.7. The Labute approximate surface area is 229 Å². The number of phosphoric acid groups is 1. The molecule has 0 aliphatic carbocycles. The molecule has 0 aromatic heterocycles. The van der Waals surface area contributed by atoms with Crippen molar-refractivity contribution in [1.29, 1.82) is 0 Å². The molecule has 1 saturated heterocycles. The highest BCUT2D eigenvalue weighted by Crippen LogP contribution is 2.61. The molecule has 0 radical (unpaired) electrons. The van der Waals surface area contributed by atoms with Crippen molar-refractivity contribution < 1.29 is 61.7 Å². The number of esters is 4. The number of rotatable bonds is 9. The van der Waals surface area contributed by atoms with E-state index < -0.39 is 68.0 Å². The van der Waals surface area contributed by atoms with Gasteiger partial charge < -0.3 is 33.5 Å². The molecule has 0 saturated carbocycles. The zero-order chi connectivity index (χ0) is 29.7. The van der Waals surface area contributed by atoms with Gasteiger partial charge in [-0.05, 0) is 0 Å². The van der Waals surface area contributed by atoms with Crippen molar-refractivity contribution in [2.24, 2.45) is 0 Å². The van der Waals surface area contributed by atoms with Crippen molar-refractivity contribution in [3.63, 3.8) is 0 Å². The van der Waals surface area contributed by atoms with Crippen LogP contribution in [0.25, 0.3) is 0 Å². The lowest BCUT2D eigenvalue weighted by Crippen LogP contribution is -2.72. The lowest BCUT2D eigenvalue weighted by molar-refractivity contribution is -0.396. The van der Waals surface area contributed by atoms with Gasteiger partial charge in [0.25, 0.3) is 5.79 Å². The summed E-state index contributed by atoms with van der Waals surface area (Å²) in [5, 5.41) is 0. The summed E-state index contributed by atoms with van der Waals surface area (Å²) in [5.74, 6) is -6.37. The number of carbonyl (C=O) groups is 4. The van der Waals surface area contributed by atoms with Gasteiger partial charge in [0.05, 0.1) is 0 Å². The molecule has 0 amide bonds. The molecule has 1 aliphatic rings. The van der Waals surface area contributed by atoms with Crippen LogP contribution in [0.4, 0.5) is 0 Å². The molecule has 3 rings (SSSR count). The van der Waals surface area contributed by atoms with Gasteiger partial charge >= 0.3 is 31.7 Å². The fourth-order valence-electron chi connectivity index (χ4n) is 4.67. The molecule has 14 heteroatoms. The van der Waals surface area contributed by atoms with Gasteiger partial charge in [0.15, 0.2) is 12.2 Å². The smallest absolute Gasteiger partial charge is 0.463 e. The third-order valence-electron chi connectivity index (χ3n) is 5.83. The number of carbonyl (C=O) groups excluding carboxylic acids is 4. The maximum absolute atomic E-state index is 12.8. The fourth-order valence-corrected chi connectivity index (χ4v) is 5.29. The van der Waals surface area contributed by atoms with Crippen molar-refractivity contribution in [3.05, 3.63) is 71.8 Å². The maximum Gasteiger partial charge on any atom is 0.472 e. The van der Waals surface area contributed by atoms with Crippen molar-refractivity contribution in [2.45, 2.75) is 57.4 Å². The predicted octanol–water partition coefficient (Wildman–Crippen LogP) is 2.23. The lowest BCUT2D eigenvalue weighted by atomic mass is 9.71. The van der Waals surface area contributed by atoms with Gasteiger partial charge in [-0.3, -0.25) is 19.2 Å². The van der Waals surface area contributed by atoms with Crippen LogP contribution in [0.2, 0.25) is 0 Å². The van der Waals surface area contributed by atoms with Crippen molar-refractivity contribution >= 4 is 31.7 Å². The van der Waals surface area contributed by atoms with Crippen LogP contribution in [0.15, 0.2) is 60.7 Å². The third-order valence-corrected chi connectivity index (χ3v) is 6.32. The zero-order valence-electron chi connectivity index (χ0n) is 22.0. The number of hydrogen-bond donors (Lipinski definition) is 2. The minimum atomic E-state index is -5.55. The molecule has 0 unspecified atom stereocenters. The Morgan fingerprint density at radius 1 is 0.800 bits per heavy atom. The van der Waals surface area contributed by atoms with Crippen LogP contribution in [0.5, 0.6) is 0 Å². The van der Waals surface area contributed by atoms with Crippen LogP contribution in [0.3, 0.4) is 0 Å². The predicted molar refractivity (Wildman–Crippen MR) is 134 cm³/mol. The summed E-state index contributed by atoms with van der Waals surface area (Å²) < 4.78 is 46.4. The highest BCUT2D eigenvalue weighted by molar-refractivity contribution is 7.46. The topological polar surface area (TPSA) is 181 Å². The van der Waals surface area contributed by atoms with Crippen LogP contribution in [0.1, 0.15) is 38.8 Å². The molecule has 1 aliphatic heterocycles. The second-order valence-corrected chi connectivity index (χ2v) is 9.99. The molecule has 2 aromatic carbocycles. The minimum absolute atomic E-state index is 0.00292. The van der Waals surface area contributed by atoms with E-state index in [4.69, 9.17) is 28.2 Å². The molecular weight excluding hydrogens is 551 g/mol. The standard InChI is InChI=1S/C26H29O13P/c1-16(27)34-15-22-23(35-17(2)28)24(36-18(3)29)25(37-19(4)30,20-11-7-5-8-12-20)26(38-22,39-40(31,32)33)21-13-9-6-10-14-21/h5-14,22-24H,15H2,1-4H3,(H2,31,32,33)/t22-,23-,24+,25+,26+/m1/s1. The summed E-state index contributed by atoms with van der Waals surface area (Å²) in [6, 6.07) is 14.8. The number of phosphoric ester groups is 1. The highest BCUT2D eigenvalue weighted by atomic mass is 31.2. The summed E-state index contributed by atoms with van der Waals surface area (Å²) in [6.07, 6.45) is -5.06. The van der Waals surface area contributed by atoms with Crippen LogP contribution in [-0.2, 0) is 63.3 Å². The zero-order valence-corrected chi connectivity index (χ0v) is 22.9. The van der Waals surface area contributed by atoms with E-state index >= 15 is 0 Å². The Bertz CT molecular complexity index is 1280. The molecule has 2 N–H and O–H groups in total. The number of ether oxygens (including phenoxy) is 5. The summed E-state index contributed by atoms with van der Waals surface area (Å²) in [7, 11) is -5.55. The van der Waals surface area contributed by atoms with Crippen LogP contribution in [0, 0.1) is 0 Å². The molecule has 0 spiro atoms. The quantitative estimate of drug-likeness (QED) is 0.251. The second kappa shape index (κ2) is 12.3. The fraction of sp³-hybridized carbons (Fsp3) is 0.385. The monoisotopic (exact) mass is 580 g/mol. The third kappa shape index (κ3) is 6.57. The molecule has 5 atom stereocenters. The van der Waals surface area contributed by atoms with Crippen LogP contribution >= 0.6 is 7.82 Å². The Morgan fingerprint density at radius 3 is 1.77 bits per heavy atom. The molecule has 1 heterocycles. The van der Waals surface area contributed by atoms with E-state index in [0.29, 0.717) is 0 Å². The van der Waals surface area contributed by atoms with E-state index in [1.807, 2.05) is 0 Å². The van der Waals surface area contributed by atoms with Gasteiger partial charge in [-0.1, -0.05) is 60.7 Å². The van der Waals surface area contributed by atoms with E-state index in [1.54, 1.807) is 12.1 Å². The van der Waals surface area contributed by atoms with Gasteiger partial charge in [-0.15, -0.1) is 0 Å². The van der Waals surface area contributed by atoms with Gasteiger partial charge in [0.2, 0.25) is 5.60 Å². The van der Waals surface area contributed by atoms with E-state index in [0.717, 1.165) is 27.7 Å². The number of hydrogen-bond acceptors (Lipinski definition) is 11. The average Bonchev–Trinajstić information content (AvgIpc) is 2.86. The van der Waals surface area contributed by atoms with Crippen molar-refractivity contribution in [1.82, 2.24) is 0 Å². The van der Waals surface area contributed by atoms with Gasteiger partial charge in [-0.2, -0.15) is 0 Å². The Morgan fingerprint density at radius 2 is 1.32 bits per heavy atom. The van der Waals surface area contributed by atoms with Gasteiger partial charge in [0, 0.05) is 38.8 Å². The SMILES string of the molecule is CC(=O)OC[C@H]1O[C@](OP(=O)(O)O)(c2ccccc2)[C@](OC(C)=O)(c2ccccc2)[C@@H](OC(C)=O)[C@@H]1OC(C)=O. The molecule has 1 fully saturated rings. The average molecular weight is 580 g/mol. The molecule has 0 bridgehead atoms. The molecule has 216 valence electrons. The number of benzene rings is 2. The van der Waals surface area contributed by atoms with Gasteiger partial charge in [-0.25, -0.2) is 9.09 Å². The van der Waals surface area contributed by atoms with Crippen LogP contribution in [-0.4, -0.2) is 58.6 Å². The normalized spacial score (nSPS) is 26.3. The highest BCUT2D eigenvalue weighted by Gasteiger charge is 2.74. The first-order valence-electron chi connectivity index (χ1n) is 11.9. The first-order valence-corrected chi connectivity index (χ1v) is 13.5. The van der Waals surface area contributed by atoms with Crippen molar-refractivity contribution in [3.8, 4) is 0 Å². The molecule has 40 heavy (non-hydrogen) atoms. The van der Waals surface area contributed by atoms with E-state index in [-0.39, 0.29) is 11.1 Å². The second-order valence-electron chi connectivity index (χ2n) is 8.82. The summed E-state index contributed by atoms with van der Waals surface area (Å²) in [5.41, 5.74) is -2.65. The molecule has 13 nitrogen and oxygen atoms in total. The summed E-state index contributed by atoms with van der Waals surface area (Å²) >= 11 is 0. The lowest BCUT2D eigenvalue weighted by Gasteiger charge is -2.57. The Hall–Kier alpha value is -3.61. The van der Waals surface area contributed by atoms with E-state index in [9.17, 15) is 33.5 Å². The maximum atomic E-state index is 12.8. The Balaban J connectivity index is 2.55. The van der Waals surface area contributed by atoms with Crippen molar-refractivity contribution in [2.75, 3.05) is 6.61 Å². The first kappa shape index (κ1) is 30.9. The van der Waals surface area contributed by atoms with Gasteiger partial charge in [0.1, 0.15) is 12.7 Å². The minimum Gasteiger partial charge on any atom is -0.463 e. The van der Waals surface area contributed by atoms with E-state index in [2.05, 4.69) is 0 Å². The molecule has 2 aromatic rings. The largest absolute Gasteiger partial charge is 0.472 e. The van der Waals surface area contributed by atoms with Crippen LogP contribution < -0.4 is 0 Å². The summed E-state index contributed by atoms with van der Waals surface area (Å²) in [4.78, 5) is 69.7. The molecular formula is C26H29O13P. The summed E-state index contributed by atoms with van der Waals surface area (Å²) in [6.45, 7) is 3.54.